The standard InChI is InChI=1S/C14H22BrNO3/c1-3-18-13-9-11(5-7-17-8-6-16)12(15)10-14(13)19-4-2/h9-10H,3-8,16H2,1-2H3. The highest BCUT2D eigenvalue weighted by Crippen LogP contribution is 2.34. The Morgan fingerprint density at radius 1 is 1.05 bits per heavy atom. The molecule has 0 saturated heterocycles. The van der Waals surface area contributed by atoms with Crippen molar-refractivity contribution < 1.29 is 14.2 Å². The SMILES string of the molecule is CCOc1cc(Br)c(CCOCCN)cc1OCC. The van der Waals surface area contributed by atoms with Crippen LogP contribution in [0, 0.1) is 0 Å². The molecule has 0 bridgehead atoms. The van der Waals surface area contributed by atoms with Gasteiger partial charge in [-0.1, -0.05) is 15.9 Å². The molecule has 0 aliphatic rings. The van der Waals surface area contributed by atoms with Crippen LogP contribution in [0.3, 0.4) is 0 Å². The Balaban J connectivity index is 2.77. The van der Waals surface area contributed by atoms with Gasteiger partial charge in [-0.05, 0) is 38.0 Å². The fourth-order valence-corrected chi connectivity index (χ4v) is 2.19. The van der Waals surface area contributed by atoms with Gasteiger partial charge in [0.2, 0.25) is 0 Å². The second-order valence-corrected chi connectivity index (χ2v) is 4.76. The van der Waals surface area contributed by atoms with Crippen molar-refractivity contribution in [2.24, 2.45) is 5.73 Å². The van der Waals surface area contributed by atoms with Gasteiger partial charge >= 0.3 is 0 Å². The second kappa shape index (κ2) is 9.18. The van der Waals surface area contributed by atoms with Gasteiger partial charge in [0.15, 0.2) is 11.5 Å². The van der Waals surface area contributed by atoms with Crippen LogP contribution in [-0.4, -0.2) is 33.0 Å². The van der Waals surface area contributed by atoms with Crippen LogP contribution in [0.4, 0.5) is 0 Å². The predicted molar refractivity (Wildman–Crippen MR) is 80.1 cm³/mol. The molecule has 108 valence electrons. The molecule has 19 heavy (non-hydrogen) atoms. The number of hydrogen-bond acceptors (Lipinski definition) is 4. The molecule has 1 aromatic rings. The van der Waals surface area contributed by atoms with Gasteiger partial charge in [-0.2, -0.15) is 0 Å². The summed E-state index contributed by atoms with van der Waals surface area (Å²) < 4.78 is 17.6. The minimum atomic E-state index is 0.550. The summed E-state index contributed by atoms with van der Waals surface area (Å²) in [6, 6.07) is 3.96. The van der Waals surface area contributed by atoms with E-state index in [4.69, 9.17) is 19.9 Å². The monoisotopic (exact) mass is 331 g/mol. The smallest absolute Gasteiger partial charge is 0.162 e. The lowest BCUT2D eigenvalue weighted by Gasteiger charge is -2.14. The molecule has 0 amide bonds. The van der Waals surface area contributed by atoms with E-state index in [0.717, 1.165) is 28.0 Å². The van der Waals surface area contributed by atoms with E-state index in [1.54, 1.807) is 0 Å². The van der Waals surface area contributed by atoms with Gasteiger partial charge in [0.05, 0.1) is 26.4 Å². The normalized spacial score (nSPS) is 10.5. The number of benzene rings is 1. The third kappa shape index (κ3) is 5.38. The number of rotatable bonds is 9. The lowest BCUT2D eigenvalue weighted by Crippen LogP contribution is -2.10. The molecule has 1 rings (SSSR count). The zero-order chi connectivity index (χ0) is 14.1. The number of ether oxygens (including phenoxy) is 3. The zero-order valence-corrected chi connectivity index (χ0v) is 13.2. The third-order valence-electron chi connectivity index (χ3n) is 2.49. The van der Waals surface area contributed by atoms with Gasteiger partial charge < -0.3 is 19.9 Å². The molecule has 0 radical (unpaired) electrons. The molecular formula is C14H22BrNO3. The Morgan fingerprint density at radius 2 is 1.68 bits per heavy atom. The van der Waals surface area contributed by atoms with Gasteiger partial charge in [0.1, 0.15) is 0 Å². The van der Waals surface area contributed by atoms with E-state index in [9.17, 15) is 0 Å². The highest BCUT2D eigenvalue weighted by molar-refractivity contribution is 9.10. The summed E-state index contributed by atoms with van der Waals surface area (Å²) in [4.78, 5) is 0. The van der Waals surface area contributed by atoms with Crippen molar-refractivity contribution in [1.29, 1.82) is 0 Å². The van der Waals surface area contributed by atoms with Gasteiger partial charge in [0.25, 0.3) is 0 Å². The summed E-state index contributed by atoms with van der Waals surface area (Å²) in [5.74, 6) is 1.55. The zero-order valence-electron chi connectivity index (χ0n) is 11.6. The Kier molecular flexibility index (Phi) is 7.86. The quantitative estimate of drug-likeness (QED) is 0.707. The number of nitrogens with two attached hydrogens (primary N) is 1. The molecule has 0 atom stereocenters. The van der Waals surface area contributed by atoms with Gasteiger partial charge in [-0.3, -0.25) is 0 Å². The van der Waals surface area contributed by atoms with Gasteiger partial charge in [-0.15, -0.1) is 0 Å². The first-order chi connectivity index (χ1) is 9.22. The molecular weight excluding hydrogens is 310 g/mol. The lowest BCUT2D eigenvalue weighted by molar-refractivity contribution is 0.144. The molecule has 2 N–H and O–H groups in total. The molecule has 0 fully saturated rings. The van der Waals surface area contributed by atoms with Crippen LogP contribution in [0.2, 0.25) is 0 Å². The van der Waals surface area contributed by atoms with Crippen molar-refractivity contribution in [3.8, 4) is 11.5 Å². The molecule has 0 aromatic heterocycles. The van der Waals surface area contributed by atoms with Crippen LogP contribution in [0.25, 0.3) is 0 Å². The van der Waals surface area contributed by atoms with E-state index in [1.807, 2.05) is 26.0 Å². The summed E-state index contributed by atoms with van der Waals surface area (Å²) in [6.07, 6.45) is 0.813. The van der Waals surface area contributed by atoms with Crippen LogP contribution >= 0.6 is 15.9 Å². The Hall–Kier alpha value is -0.780. The van der Waals surface area contributed by atoms with Crippen LogP contribution < -0.4 is 15.2 Å². The van der Waals surface area contributed by atoms with Gasteiger partial charge in [0, 0.05) is 11.0 Å². The highest BCUT2D eigenvalue weighted by Gasteiger charge is 2.10. The third-order valence-corrected chi connectivity index (χ3v) is 3.23. The van der Waals surface area contributed by atoms with E-state index in [0.29, 0.717) is 33.0 Å². The Morgan fingerprint density at radius 3 is 2.26 bits per heavy atom. The van der Waals surface area contributed by atoms with Gasteiger partial charge in [-0.25, -0.2) is 0 Å². The second-order valence-electron chi connectivity index (χ2n) is 3.91. The van der Waals surface area contributed by atoms with Crippen molar-refractivity contribution in [3.63, 3.8) is 0 Å². The molecule has 0 aliphatic carbocycles. The summed E-state index contributed by atoms with van der Waals surface area (Å²) in [7, 11) is 0. The molecule has 0 spiro atoms. The maximum atomic E-state index is 5.61. The van der Waals surface area contributed by atoms with Crippen molar-refractivity contribution in [1.82, 2.24) is 0 Å². The van der Waals surface area contributed by atoms with Crippen molar-refractivity contribution >= 4 is 15.9 Å². The Labute approximate surface area is 123 Å². The summed E-state index contributed by atoms with van der Waals surface area (Å²) in [5.41, 5.74) is 6.53. The highest BCUT2D eigenvalue weighted by atomic mass is 79.9. The van der Waals surface area contributed by atoms with E-state index in [1.165, 1.54) is 0 Å². The van der Waals surface area contributed by atoms with Crippen LogP contribution in [0.5, 0.6) is 11.5 Å². The molecule has 1 aromatic carbocycles. The molecule has 0 unspecified atom stereocenters. The van der Waals surface area contributed by atoms with Crippen molar-refractivity contribution in [2.45, 2.75) is 20.3 Å². The topological polar surface area (TPSA) is 53.7 Å². The maximum Gasteiger partial charge on any atom is 0.162 e. The van der Waals surface area contributed by atoms with E-state index in [-0.39, 0.29) is 0 Å². The fraction of sp³-hybridized carbons (Fsp3) is 0.571. The first kappa shape index (κ1) is 16.3. The minimum Gasteiger partial charge on any atom is -0.490 e. The molecule has 0 heterocycles. The number of hydrogen-bond donors (Lipinski definition) is 1. The van der Waals surface area contributed by atoms with Crippen LogP contribution in [-0.2, 0) is 11.2 Å². The van der Waals surface area contributed by atoms with Crippen LogP contribution in [0.1, 0.15) is 19.4 Å². The average Bonchev–Trinajstić information content (AvgIpc) is 2.39. The molecule has 4 nitrogen and oxygen atoms in total. The fourth-order valence-electron chi connectivity index (χ4n) is 1.67. The van der Waals surface area contributed by atoms with E-state index in [2.05, 4.69) is 15.9 Å². The Bertz CT molecular complexity index is 385. The first-order valence-corrected chi connectivity index (χ1v) is 7.38. The van der Waals surface area contributed by atoms with Crippen molar-refractivity contribution in [3.05, 3.63) is 22.2 Å². The maximum absolute atomic E-state index is 5.61. The summed E-state index contributed by atoms with van der Waals surface area (Å²) in [5, 5.41) is 0. The molecule has 0 aliphatic heterocycles. The van der Waals surface area contributed by atoms with Crippen molar-refractivity contribution in [2.75, 3.05) is 33.0 Å². The van der Waals surface area contributed by atoms with E-state index < -0.39 is 0 Å². The predicted octanol–water partition coefficient (Wildman–Crippen LogP) is 2.76. The van der Waals surface area contributed by atoms with Crippen LogP contribution in [0.15, 0.2) is 16.6 Å². The number of halogens is 1. The lowest BCUT2D eigenvalue weighted by atomic mass is 10.1. The van der Waals surface area contributed by atoms with E-state index >= 15 is 0 Å². The summed E-state index contributed by atoms with van der Waals surface area (Å²) >= 11 is 3.56. The summed E-state index contributed by atoms with van der Waals surface area (Å²) in [6.45, 7) is 6.94. The largest absolute Gasteiger partial charge is 0.490 e. The molecule has 0 saturated carbocycles. The minimum absolute atomic E-state index is 0.550. The first-order valence-electron chi connectivity index (χ1n) is 6.58. The molecule has 5 heteroatoms. The average molecular weight is 332 g/mol.